The Kier molecular flexibility index (Phi) is 5.61. The summed E-state index contributed by atoms with van der Waals surface area (Å²) in [6.45, 7) is 0. The molecule has 0 saturated heterocycles. The van der Waals surface area contributed by atoms with Crippen LogP contribution in [0.5, 0.6) is 0 Å². The quantitative estimate of drug-likeness (QED) is 0.330. The van der Waals surface area contributed by atoms with Gasteiger partial charge in [0, 0.05) is 21.5 Å². The minimum atomic E-state index is -0.492. The summed E-state index contributed by atoms with van der Waals surface area (Å²) in [4.78, 5) is 25.4. The van der Waals surface area contributed by atoms with Crippen molar-refractivity contribution in [2.24, 2.45) is 0 Å². The first-order valence-electron chi connectivity index (χ1n) is 9.01. The van der Waals surface area contributed by atoms with Crippen molar-refractivity contribution >= 4 is 57.3 Å². The van der Waals surface area contributed by atoms with Crippen molar-refractivity contribution in [1.29, 1.82) is 0 Å². The van der Waals surface area contributed by atoms with Gasteiger partial charge in [0.1, 0.15) is 5.58 Å². The maximum absolute atomic E-state index is 12.9. The summed E-state index contributed by atoms with van der Waals surface area (Å²) in [5, 5.41) is 6.73. The number of hydrogen-bond acceptors (Lipinski definition) is 4. The van der Waals surface area contributed by atoms with Crippen LogP contribution in [0.1, 0.15) is 26.5 Å². The van der Waals surface area contributed by atoms with Gasteiger partial charge in [-0.3, -0.25) is 14.9 Å². The van der Waals surface area contributed by atoms with Crippen LogP contribution in [0.4, 0.5) is 5.69 Å². The molecule has 0 aliphatic carbocycles. The van der Waals surface area contributed by atoms with Gasteiger partial charge in [0.25, 0.3) is 5.91 Å². The van der Waals surface area contributed by atoms with Gasteiger partial charge in [-0.15, -0.1) is 0 Å². The van der Waals surface area contributed by atoms with E-state index in [1.54, 1.807) is 54.6 Å². The van der Waals surface area contributed by atoms with E-state index >= 15 is 0 Å². The molecule has 0 fully saturated rings. The third kappa shape index (κ3) is 4.25. The summed E-state index contributed by atoms with van der Waals surface area (Å²) in [5.41, 5.74) is 1.90. The van der Waals surface area contributed by atoms with Gasteiger partial charge in [0.2, 0.25) is 0 Å². The number of rotatable bonds is 4. The number of halogens is 1. The molecule has 1 aromatic heterocycles. The smallest absolute Gasteiger partial charge is 0.293 e. The second-order valence-electron chi connectivity index (χ2n) is 6.44. The van der Waals surface area contributed by atoms with Crippen LogP contribution in [0.2, 0.25) is 5.02 Å². The number of ketones is 1. The lowest BCUT2D eigenvalue weighted by atomic mass is 10.0. The lowest BCUT2D eigenvalue weighted by Crippen LogP contribution is -2.34. The van der Waals surface area contributed by atoms with E-state index in [2.05, 4.69) is 10.6 Å². The summed E-state index contributed by atoms with van der Waals surface area (Å²) < 4.78 is 5.55. The molecule has 148 valence electrons. The van der Waals surface area contributed by atoms with Crippen LogP contribution in [0.3, 0.4) is 0 Å². The Morgan fingerprint density at radius 3 is 2.40 bits per heavy atom. The van der Waals surface area contributed by atoms with Crippen LogP contribution in [-0.2, 0) is 0 Å². The van der Waals surface area contributed by atoms with E-state index in [0.29, 0.717) is 27.4 Å². The van der Waals surface area contributed by atoms with Gasteiger partial charge in [-0.05, 0) is 42.5 Å². The van der Waals surface area contributed by atoms with E-state index in [9.17, 15) is 9.59 Å². The number of furan rings is 1. The van der Waals surface area contributed by atoms with Crippen LogP contribution in [0.25, 0.3) is 11.0 Å². The number of anilines is 1. The molecule has 30 heavy (non-hydrogen) atoms. The van der Waals surface area contributed by atoms with Gasteiger partial charge in [-0.2, -0.15) is 0 Å². The summed E-state index contributed by atoms with van der Waals surface area (Å²) in [6, 6.07) is 22.6. The number of hydrogen-bond donors (Lipinski definition) is 2. The standard InChI is InChI=1S/C23H15ClN2O3S/c24-16-10-11-18(17(13-16)21(27)14-6-2-1-3-7-14)25-23(30)26-22(28)20-12-15-8-4-5-9-19(15)29-20/h1-13H,(H2,25,26,28,30). The number of fused-ring (bicyclic) bond motifs is 1. The van der Waals surface area contributed by atoms with Crippen molar-refractivity contribution in [3.63, 3.8) is 0 Å². The highest BCUT2D eigenvalue weighted by Crippen LogP contribution is 2.24. The van der Waals surface area contributed by atoms with Gasteiger partial charge >= 0.3 is 0 Å². The molecule has 0 unspecified atom stereocenters. The normalized spacial score (nSPS) is 10.6. The van der Waals surface area contributed by atoms with Crippen molar-refractivity contribution in [1.82, 2.24) is 5.32 Å². The van der Waals surface area contributed by atoms with Crippen LogP contribution in [0, 0.1) is 0 Å². The first kappa shape index (κ1) is 19.8. The molecule has 4 aromatic rings. The number of para-hydroxylation sites is 1. The van der Waals surface area contributed by atoms with E-state index in [0.717, 1.165) is 5.39 Å². The van der Waals surface area contributed by atoms with E-state index in [-0.39, 0.29) is 16.7 Å². The predicted molar refractivity (Wildman–Crippen MR) is 121 cm³/mol. The van der Waals surface area contributed by atoms with Crippen molar-refractivity contribution in [2.75, 3.05) is 5.32 Å². The third-order valence-electron chi connectivity index (χ3n) is 4.39. The molecule has 0 aliphatic rings. The fraction of sp³-hybridized carbons (Fsp3) is 0. The largest absolute Gasteiger partial charge is 0.451 e. The Bertz CT molecular complexity index is 1230. The van der Waals surface area contributed by atoms with E-state index < -0.39 is 5.91 Å². The van der Waals surface area contributed by atoms with Gasteiger partial charge in [-0.25, -0.2) is 0 Å². The molecule has 0 atom stereocenters. The molecule has 0 bridgehead atoms. The van der Waals surface area contributed by atoms with Gasteiger partial charge in [0.05, 0.1) is 5.69 Å². The molecule has 0 aliphatic heterocycles. The Hall–Kier alpha value is -3.48. The zero-order chi connectivity index (χ0) is 21.1. The minimum Gasteiger partial charge on any atom is -0.451 e. The number of nitrogens with one attached hydrogen (secondary N) is 2. The van der Waals surface area contributed by atoms with Gasteiger partial charge in [0.15, 0.2) is 16.7 Å². The molecule has 7 heteroatoms. The lowest BCUT2D eigenvalue weighted by Gasteiger charge is -2.13. The topological polar surface area (TPSA) is 71.3 Å². The number of benzene rings is 3. The Morgan fingerprint density at radius 2 is 1.63 bits per heavy atom. The van der Waals surface area contributed by atoms with Crippen molar-refractivity contribution in [3.8, 4) is 0 Å². The first-order valence-corrected chi connectivity index (χ1v) is 9.80. The molecule has 1 heterocycles. The highest BCUT2D eigenvalue weighted by atomic mass is 35.5. The maximum atomic E-state index is 12.9. The number of amides is 1. The Balaban J connectivity index is 1.53. The minimum absolute atomic E-state index is 0.0323. The van der Waals surface area contributed by atoms with Gasteiger partial charge < -0.3 is 9.73 Å². The molecule has 0 saturated carbocycles. The molecule has 3 aromatic carbocycles. The average Bonchev–Trinajstić information content (AvgIpc) is 3.19. The van der Waals surface area contributed by atoms with Gasteiger partial charge in [-0.1, -0.05) is 60.1 Å². The number of thiocarbonyl (C=S) groups is 1. The molecule has 2 N–H and O–H groups in total. The summed E-state index contributed by atoms with van der Waals surface area (Å²) in [5.74, 6) is -0.572. The molecular weight excluding hydrogens is 420 g/mol. The van der Waals surface area contributed by atoms with E-state index in [4.69, 9.17) is 28.2 Å². The summed E-state index contributed by atoms with van der Waals surface area (Å²) in [6.07, 6.45) is 0. The number of carbonyl (C=O) groups excluding carboxylic acids is 2. The van der Waals surface area contributed by atoms with Crippen LogP contribution < -0.4 is 10.6 Å². The molecule has 0 spiro atoms. The fourth-order valence-corrected chi connectivity index (χ4v) is 3.35. The number of carbonyl (C=O) groups is 2. The lowest BCUT2D eigenvalue weighted by molar-refractivity contribution is 0.0952. The summed E-state index contributed by atoms with van der Waals surface area (Å²) >= 11 is 11.4. The van der Waals surface area contributed by atoms with Crippen LogP contribution in [0.15, 0.2) is 83.3 Å². The molecule has 5 nitrogen and oxygen atoms in total. The third-order valence-corrected chi connectivity index (χ3v) is 4.83. The van der Waals surface area contributed by atoms with Crippen molar-refractivity contribution in [2.45, 2.75) is 0 Å². The molecule has 0 radical (unpaired) electrons. The summed E-state index contributed by atoms with van der Waals surface area (Å²) in [7, 11) is 0. The van der Waals surface area contributed by atoms with Crippen LogP contribution >= 0.6 is 23.8 Å². The van der Waals surface area contributed by atoms with Crippen molar-refractivity contribution < 1.29 is 14.0 Å². The zero-order valence-corrected chi connectivity index (χ0v) is 17.1. The molecular formula is C23H15ClN2O3S. The second kappa shape index (κ2) is 8.49. The Morgan fingerprint density at radius 1 is 0.900 bits per heavy atom. The second-order valence-corrected chi connectivity index (χ2v) is 7.29. The SMILES string of the molecule is O=C(NC(=S)Nc1ccc(Cl)cc1C(=O)c1ccccc1)c1cc2ccccc2o1. The first-order chi connectivity index (χ1) is 14.5. The Labute approximate surface area is 182 Å². The van der Waals surface area contributed by atoms with Crippen LogP contribution in [-0.4, -0.2) is 16.8 Å². The van der Waals surface area contributed by atoms with Crippen molar-refractivity contribution in [3.05, 3.63) is 101 Å². The molecule has 4 rings (SSSR count). The fourth-order valence-electron chi connectivity index (χ4n) is 2.97. The highest BCUT2D eigenvalue weighted by Gasteiger charge is 2.17. The highest BCUT2D eigenvalue weighted by molar-refractivity contribution is 7.80. The van der Waals surface area contributed by atoms with E-state index in [1.165, 1.54) is 0 Å². The predicted octanol–water partition coefficient (Wildman–Crippen LogP) is 5.44. The zero-order valence-electron chi connectivity index (χ0n) is 15.5. The monoisotopic (exact) mass is 434 g/mol. The average molecular weight is 435 g/mol. The van der Waals surface area contributed by atoms with E-state index in [1.807, 2.05) is 24.3 Å². The molecule has 1 amide bonds. The maximum Gasteiger partial charge on any atom is 0.293 e.